The normalized spacial score (nSPS) is 9.18. The van der Waals surface area contributed by atoms with Crippen LogP contribution in [0.4, 0.5) is 0 Å². The highest BCUT2D eigenvalue weighted by Gasteiger charge is 2.08. The van der Waals surface area contributed by atoms with Gasteiger partial charge in [0.25, 0.3) is 0 Å². The lowest BCUT2D eigenvalue weighted by Gasteiger charge is -2.00. The van der Waals surface area contributed by atoms with Crippen LogP contribution in [0, 0.1) is 0 Å². The lowest BCUT2D eigenvalue weighted by Crippen LogP contribution is -2.32. The average molecular weight is 160 g/mol. The van der Waals surface area contributed by atoms with Gasteiger partial charge in [-0.15, -0.1) is 0 Å². The number of hydrogen-bond acceptors (Lipinski definition) is 3. The van der Waals surface area contributed by atoms with E-state index in [1.807, 2.05) is 0 Å². The molecule has 0 saturated heterocycles. The third-order valence-corrected chi connectivity index (χ3v) is 1.08. The summed E-state index contributed by atoms with van der Waals surface area (Å²) in [5.41, 5.74) is 0. The van der Waals surface area contributed by atoms with Crippen LogP contribution in [0.2, 0.25) is 0 Å². The van der Waals surface area contributed by atoms with Crippen LogP contribution < -0.4 is 10.6 Å². The fourth-order valence-electron chi connectivity index (χ4n) is 0.543. The van der Waals surface area contributed by atoms with Crippen LogP contribution in [-0.4, -0.2) is 37.1 Å². The number of nitrogens with one attached hydrogen (secondary N) is 2. The molecule has 0 aromatic carbocycles. The molecule has 64 valence electrons. The molecule has 0 aromatic rings. The Bertz CT molecular complexity index is 147. The molecule has 0 unspecified atom stereocenters. The van der Waals surface area contributed by atoms with E-state index in [0.29, 0.717) is 6.54 Å². The Labute approximate surface area is 64.8 Å². The minimum atomic E-state index is -1.44. The summed E-state index contributed by atoms with van der Waals surface area (Å²) in [6, 6.07) is 0. The van der Waals surface area contributed by atoms with Gasteiger partial charge in [0.2, 0.25) is 0 Å². The van der Waals surface area contributed by atoms with Gasteiger partial charge in [0.1, 0.15) is 0 Å². The standard InChI is InChI=1S/C6H12N2O3/c1-7-3-2-4-8-5(9)6(10)11/h7H,2-4H2,1H3,(H,8,9)(H,10,11). The molecular weight excluding hydrogens is 148 g/mol. The third kappa shape index (κ3) is 5.35. The Morgan fingerprint density at radius 1 is 1.36 bits per heavy atom. The van der Waals surface area contributed by atoms with E-state index in [0.717, 1.165) is 13.0 Å². The van der Waals surface area contributed by atoms with E-state index >= 15 is 0 Å². The van der Waals surface area contributed by atoms with Gasteiger partial charge >= 0.3 is 11.9 Å². The van der Waals surface area contributed by atoms with E-state index in [-0.39, 0.29) is 0 Å². The maximum atomic E-state index is 10.4. The second-order valence-electron chi connectivity index (χ2n) is 2.02. The summed E-state index contributed by atoms with van der Waals surface area (Å²) in [6.45, 7) is 1.16. The van der Waals surface area contributed by atoms with Crippen LogP contribution in [0.25, 0.3) is 0 Å². The van der Waals surface area contributed by atoms with E-state index in [9.17, 15) is 9.59 Å². The van der Waals surface area contributed by atoms with Crippen LogP contribution in [0.3, 0.4) is 0 Å². The van der Waals surface area contributed by atoms with Crippen molar-refractivity contribution in [2.75, 3.05) is 20.1 Å². The largest absolute Gasteiger partial charge is 0.474 e. The summed E-state index contributed by atoms with van der Waals surface area (Å²) in [5, 5.41) is 13.2. The number of carbonyl (C=O) groups is 2. The van der Waals surface area contributed by atoms with Gasteiger partial charge in [-0.05, 0) is 20.0 Å². The summed E-state index contributed by atoms with van der Waals surface area (Å²) in [6.07, 6.45) is 0.732. The highest BCUT2D eigenvalue weighted by molar-refractivity contribution is 6.31. The molecule has 1 amide bonds. The number of carboxylic acid groups (broad SMARTS) is 1. The van der Waals surface area contributed by atoms with Crippen molar-refractivity contribution in [1.82, 2.24) is 10.6 Å². The first-order valence-electron chi connectivity index (χ1n) is 3.34. The van der Waals surface area contributed by atoms with Crippen molar-refractivity contribution in [3.8, 4) is 0 Å². The Morgan fingerprint density at radius 2 is 2.00 bits per heavy atom. The van der Waals surface area contributed by atoms with Gasteiger partial charge < -0.3 is 15.7 Å². The van der Waals surface area contributed by atoms with Crippen molar-refractivity contribution >= 4 is 11.9 Å². The van der Waals surface area contributed by atoms with Gasteiger partial charge in [-0.3, -0.25) is 4.79 Å². The first kappa shape index (κ1) is 9.90. The first-order chi connectivity index (χ1) is 5.18. The van der Waals surface area contributed by atoms with Crippen molar-refractivity contribution in [3.63, 3.8) is 0 Å². The van der Waals surface area contributed by atoms with Crippen LogP contribution in [0.5, 0.6) is 0 Å². The summed E-state index contributed by atoms with van der Waals surface area (Å²) < 4.78 is 0. The lowest BCUT2D eigenvalue weighted by atomic mass is 10.4. The van der Waals surface area contributed by atoms with Crippen LogP contribution in [-0.2, 0) is 9.59 Å². The number of amides is 1. The predicted octanol–water partition coefficient (Wildman–Crippen LogP) is -1.20. The van der Waals surface area contributed by atoms with Gasteiger partial charge in [-0.1, -0.05) is 0 Å². The lowest BCUT2D eigenvalue weighted by molar-refractivity contribution is -0.150. The van der Waals surface area contributed by atoms with Gasteiger partial charge in [-0.25, -0.2) is 4.79 Å². The highest BCUT2D eigenvalue weighted by atomic mass is 16.4. The van der Waals surface area contributed by atoms with Crippen molar-refractivity contribution in [2.24, 2.45) is 0 Å². The smallest absolute Gasteiger partial charge is 0.394 e. The van der Waals surface area contributed by atoms with Gasteiger partial charge in [0.05, 0.1) is 0 Å². The van der Waals surface area contributed by atoms with Crippen LogP contribution in [0.1, 0.15) is 6.42 Å². The molecule has 0 rings (SSSR count). The number of hydrogen-bond donors (Lipinski definition) is 3. The molecule has 5 heteroatoms. The molecule has 0 aliphatic heterocycles. The summed E-state index contributed by atoms with van der Waals surface area (Å²) in [7, 11) is 1.79. The van der Waals surface area contributed by atoms with Gasteiger partial charge in [-0.2, -0.15) is 0 Å². The highest BCUT2D eigenvalue weighted by Crippen LogP contribution is 1.72. The quantitative estimate of drug-likeness (QED) is 0.356. The number of aliphatic carboxylic acids is 1. The zero-order valence-corrected chi connectivity index (χ0v) is 6.39. The second kappa shape index (κ2) is 5.67. The molecular formula is C6H12N2O3. The summed E-state index contributed by atoms with van der Waals surface area (Å²) in [4.78, 5) is 20.3. The van der Waals surface area contributed by atoms with E-state index < -0.39 is 11.9 Å². The molecule has 11 heavy (non-hydrogen) atoms. The van der Waals surface area contributed by atoms with E-state index in [1.165, 1.54) is 0 Å². The van der Waals surface area contributed by atoms with Crippen molar-refractivity contribution in [1.29, 1.82) is 0 Å². The fourth-order valence-corrected chi connectivity index (χ4v) is 0.543. The maximum absolute atomic E-state index is 10.4. The fraction of sp³-hybridized carbons (Fsp3) is 0.667. The van der Waals surface area contributed by atoms with E-state index in [4.69, 9.17) is 5.11 Å². The van der Waals surface area contributed by atoms with Crippen LogP contribution >= 0.6 is 0 Å². The molecule has 0 atom stereocenters. The van der Waals surface area contributed by atoms with Gasteiger partial charge in [0, 0.05) is 6.54 Å². The second-order valence-corrected chi connectivity index (χ2v) is 2.02. The molecule has 5 nitrogen and oxygen atoms in total. The minimum absolute atomic E-state index is 0.395. The Kier molecular flexibility index (Phi) is 5.10. The molecule has 0 fully saturated rings. The molecule has 0 saturated carbocycles. The number of carboxylic acids is 1. The summed E-state index contributed by atoms with van der Waals surface area (Å²) >= 11 is 0. The topological polar surface area (TPSA) is 78.4 Å². The molecule has 0 aromatic heterocycles. The average Bonchev–Trinajstić information content (AvgIpc) is 1.97. The van der Waals surface area contributed by atoms with Crippen molar-refractivity contribution in [3.05, 3.63) is 0 Å². The van der Waals surface area contributed by atoms with E-state index in [1.54, 1.807) is 7.05 Å². The van der Waals surface area contributed by atoms with Crippen molar-refractivity contribution < 1.29 is 14.7 Å². The molecule has 0 aliphatic rings. The zero-order valence-electron chi connectivity index (χ0n) is 6.39. The molecule has 0 spiro atoms. The molecule has 0 heterocycles. The molecule has 0 bridgehead atoms. The van der Waals surface area contributed by atoms with Gasteiger partial charge in [0.15, 0.2) is 0 Å². The van der Waals surface area contributed by atoms with Crippen LogP contribution in [0.15, 0.2) is 0 Å². The third-order valence-electron chi connectivity index (χ3n) is 1.08. The monoisotopic (exact) mass is 160 g/mol. The molecule has 3 N–H and O–H groups in total. The zero-order chi connectivity index (χ0) is 8.69. The summed E-state index contributed by atoms with van der Waals surface area (Å²) in [5.74, 6) is -2.38. The number of rotatable bonds is 4. The number of carbonyl (C=O) groups excluding carboxylic acids is 1. The first-order valence-corrected chi connectivity index (χ1v) is 3.34. The van der Waals surface area contributed by atoms with E-state index in [2.05, 4.69) is 10.6 Å². The van der Waals surface area contributed by atoms with Crippen molar-refractivity contribution in [2.45, 2.75) is 6.42 Å². The Hall–Kier alpha value is -1.10. The Balaban J connectivity index is 3.25. The molecule has 0 aliphatic carbocycles. The Morgan fingerprint density at radius 3 is 2.45 bits per heavy atom. The molecule has 0 radical (unpaired) electrons. The maximum Gasteiger partial charge on any atom is 0.394 e. The minimum Gasteiger partial charge on any atom is -0.474 e. The SMILES string of the molecule is CNCCCNC(=O)C(=O)O. The predicted molar refractivity (Wildman–Crippen MR) is 39.2 cm³/mol.